The molecule has 23 heavy (non-hydrogen) atoms. The van der Waals surface area contributed by atoms with Crippen LogP contribution in [0.1, 0.15) is 36.4 Å². The van der Waals surface area contributed by atoms with Gasteiger partial charge in [-0.1, -0.05) is 18.2 Å². The van der Waals surface area contributed by atoms with Gasteiger partial charge in [-0.15, -0.1) is 0 Å². The van der Waals surface area contributed by atoms with Crippen molar-refractivity contribution in [3.8, 4) is 0 Å². The fourth-order valence-corrected chi connectivity index (χ4v) is 3.05. The molecule has 1 aromatic heterocycles. The number of amides is 1. The summed E-state index contributed by atoms with van der Waals surface area (Å²) < 4.78 is 13.6. The molecule has 0 aliphatic carbocycles. The van der Waals surface area contributed by atoms with E-state index in [0.717, 1.165) is 31.6 Å². The van der Waals surface area contributed by atoms with Crippen LogP contribution in [-0.2, 0) is 11.2 Å². The van der Waals surface area contributed by atoms with Crippen LogP contribution >= 0.6 is 0 Å². The molecule has 1 aromatic carbocycles. The Kier molecular flexibility index (Phi) is 4.95. The lowest BCUT2D eigenvalue weighted by atomic mass is 9.93. The van der Waals surface area contributed by atoms with Crippen molar-refractivity contribution in [3.63, 3.8) is 0 Å². The third-order valence-electron chi connectivity index (χ3n) is 4.42. The average molecular weight is 313 g/mol. The van der Waals surface area contributed by atoms with Crippen molar-refractivity contribution in [2.45, 2.75) is 31.6 Å². The zero-order valence-corrected chi connectivity index (χ0v) is 13.0. The van der Waals surface area contributed by atoms with Gasteiger partial charge >= 0.3 is 0 Å². The van der Waals surface area contributed by atoms with E-state index in [9.17, 15) is 9.18 Å². The largest absolute Gasteiger partial charge is 0.343 e. The van der Waals surface area contributed by atoms with Crippen molar-refractivity contribution in [2.24, 2.45) is 0 Å². The van der Waals surface area contributed by atoms with Crippen molar-refractivity contribution in [1.29, 1.82) is 0 Å². The molecule has 3 rings (SSSR count). The van der Waals surface area contributed by atoms with Gasteiger partial charge in [0.1, 0.15) is 5.82 Å². The van der Waals surface area contributed by atoms with Crippen LogP contribution in [0, 0.1) is 5.82 Å². The van der Waals surface area contributed by atoms with Gasteiger partial charge in [-0.05, 0) is 30.9 Å². The molecular weight excluding hydrogens is 293 g/mol. The van der Waals surface area contributed by atoms with E-state index in [-0.39, 0.29) is 11.7 Å². The number of nitrogens with zero attached hydrogens (tertiary/aromatic N) is 3. The average Bonchev–Trinajstić information content (AvgIpc) is 2.62. The summed E-state index contributed by atoms with van der Waals surface area (Å²) in [5, 5.41) is 0. The topological polar surface area (TPSA) is 46.1 Å². The lowest BCUT2D eigenvalue weighted by Crippen LogP contribution is -2.38. The number of carbonyl (C=O) groups is 1. The fraction of sp³-hybridized carbons (Fsp3) is 0.389. The minimum Gasteiger partial charge on any atom is -0.343 e. The van der Waals surface area contributed by atoms with Gasteiger partial charge in [-0.25, -0.2) is 4.39 Å². The minimum atomic E-state index is -0.235. The van der Waals surface area contributed by atoms with E-state index in [4.69, 9.17) is 0 Å². The summed E-state index contributed by atoms with van der Waals surface area (Å²) >= 11 is 0. The highest BCUT2D eigenvalue weighted by molar-refractivity contribution is 5.76. The first-order valence-corrected chi connectivity index (χ1v) is 8.01. The summed E-state index contributed by atoms with van der Waals surface area (Å²) in [7, 11) is 0. The van der Waals surface area contributed by atoms with Crippen molar-refractivity contribution in [2.75, 3.05) is 13.1 Å². The maximum atomic E-state index is 13.6. The molecule has 0 spiro atoms. The predicted molar refractivity (Wildman–Crippen MR) is 85.3 cm³/mol. The molecule has 1 fully saturated rings. The Morgan fingerprint density at radius 2 is 2.00 bits per heavy atom. The molecule has 4 nitrogen and oxygen atoms in total. The second-order valence-corrected chi connectivity index (χ2v) is 5.88. The van der Waals surface area contributed by atoms with Gasteiger partial charge in [0, 0.05) is 44.0 Å². The summed E-state index contributed by atoms with van der Waals surface area (Å²) in [6.45, 7) is 1.47. The SMILES string of the molecule is O=C(CCc1ccccc1F)N1CCC(c2cnccn2)CC1. The molecule has 0 radical (unpaired) electrons. The lowest BCUT2D eigenvalue weighted by molar-refractivity contribution is -0.132. The third-order valence-corrected chi connectivity index (χ3v) is 4.42. The summed E-state index contributed by atoms with van der Waals surface area (Å²) in [5.74, 6) is 0.242. The fourth-order valence-electron chi connectivity index (χ4n) is 3.05. The van der Waals surface area contributed by atoms with Crippen molar-refractivity contribution in [3.05, 3.63) is 59.9 Å². The summed E-state index contributed by atoms with van der Waals surface area (Å²) in [6.07, 6.45) is 7.81. The number of halogens is 1. The van der Waals surface area contributed by atoms with Crippen LogP contribution in [0.25, 0.3) is 0 Å². The van der Waals surface area contributed by atoms with E-state index in [2.05, 4.69) is 9.97 Å². The molecule has 1 aliphatic rings. The van der Waals surface area contributed by atoms with E-state index in [1.807, 2.05) is 4.90 Å². The molecule has 1 saturated heterocycles. The number of rotatable bonds is 4. The first-order valence-electron chi connectivity index (χ1n) is 8.01. The van der Waals surface area contributed by atoms with E-state index in [0.29, 0.717) is 24.3 Å². The monoisotopic (exact) mass is 313 g/mol. The Balaban J connectivity index is 1.50. The molecule has 1 amide bonds. The van der Waals surface area contributed by atoms with Crippen LogP contribution in [0.5, 0.6) is 0 Å². The summed E-state index contributed by atoms with van der Waals surface area (Å²) in [4.78, 5) is 22.6. The number of hydrogen-bond acceptors (Lipinski definition) is 3. The van der Waals surface area contributed by atoms with Crippen molar-refractivity contribution >= 4 is 5.91 Å². The number of aryl methyl sites for hydroxylation is 1. The van der Waals surface area contributed by atoms with Gasteiger partial charge in [-0.3, -0.25) is 14.8 Å². The van der Waals surface area contributed by atoms with E-state index >= 15 is 0 Å². The Labute approximate surface area is 135 Å². The van der Waals surface area contributed by atoms with E-state index < -0.39 is 0 Å². The molecule has 0 atom stereocenters. The van der Waals surface area contributed by atoms with Gasteiger partial charge in [0.15, 0.2) is 0 Å². The second kappa shape index (κ2) is 7.31. The Hall–Kier alpha value is -2.30. The van der Waals surface area contributed by atoms with E-state index in [1.54, 1.807) is 36.8 Å². The molecule has 0 saturated carbocycles. The standard InChI is InChI=1S/C18H20FN3O/c19-16-4-2-1-3-14(16)5-6-18(23)22-11-7-15(8-12-22)17-13-20-9-10-21-17/h1-4,9-10,13,15H,5-8,11-12H2. The molecule has 2 heterocycles. The molecule has 5 heteroatoms. The van der Waals surface area contributed by atoms with Gasteiger partial charge in [0.2, 0.25) is 5.91 Å². The summed E-state index contributed by atoms with van der Waals surface area (Å²) in [6, 6.07) is 6.64. The van der Waals surface area contributed by atoms with Crippen molar-refractivity contribution in [1.82, 2.24) is 14.9 Å². The van der Waals surface area contributed by atoms with Crippen LogP contribution in [-0.4, -0.2) is 33.9 Å². The first kappa shape index (κ1) is 15.6. The van der Waals surface area contributed by atoms with Crippen LogP contribution in [0.4, 0.5) is 4.39 Å². The summed E-state index contributed by atoms with van der Waals surface area (Å²) in [5.41, 5.74) is 1.61. The molecule has 1 aliphatic heterocycles. The van der Waals surface area contributed by atoms with Gasteiger partial charge < -0.3 is 4.90 Å². The number of benzene rings is 1. The zero-order valence-electron chi connectivity index (χ0n) is 13.0. The molecule has 0 unspecified atom stereocenters. The van der Waals surface area contributed by atoms with Gasteiger partial charge in [0.25, 0.3) is 0 Å². The molecule has 120 valence electrons. The molecule has 2 aromatic rings. The minimum absolute atomic E-state index is 0.103. The third kappa shape index (κ3) is 3.92. The lowest BCUT2D eigenvalue weighted by Gasteiger charge is -2.31. The molecular formula is C18H20FN3O. The maximum Gasteiger partial charge on any atom is 0.222 e. The van der Waals surface area contributed by atoms with Crippen LogP contribution in [0.15, 0.2) is 42.9 Å². The quantitative estimate of drug-likeness (QED) is 0.872. The predicted octanol–water partition coefficient (Wildman–Crippen LogP) is 2.95. The van der Waals surface area contributed by atoms with Crippen LogP contribution < -0.4 is 0 Å². The van der Waals surface area contributed by atoms with Gasteiger partial charge in [-0.2, -0.15) is 0 Å². The highest BCUT2D eigenvalue weighted by Crippen LogP contribution is 2.26. The highest BCUT2D eigenvalue weighted by atomic mass is 19.1. The second-order valence-electron chi connectivity index (χ2n) is 5.88. The van der Waals surface area contributed by atoms with Crippen molar-refractivity contribution < 1.29 is 9.18 Å². The molecule has 0 N–H and O–H groups in total. The number of likely N-dealkylation sites (tertiary alicyclic amines) is 1. The number of carbonyl (C=O) groups excluding carboxylic acids is 1. The zero-order chi connectivity index (χ0) is 16.1. The smallest absolute Gasteiger partial charge is 0.222 e. The number of hydrogen-bond donors (Lipinski definition) is 0. The molecule has 0 bridgehead atoms. The Morgan fingerprint density at radius 3 is 2.70 bits per heavy atom. The number of piperidine rings is 1. The highest BCUT2D eigenvalue weighted by Gasteiger charge is 2.24. The van der Waals surface area contributed by atoms with Crippen LogP contribution in [0.3, 0.4) is 0 Å². The van der Waals surface area contributed by atoms with Gasteiger partial charge in [0.05, 0.1) is 5.69 Å². The van der Waals surface area contributed by atoms with Crippen LogP contribution in [0.2, 0.25) is 0 Å². The normalized spacial score (nSPS) is 15.6. The first-order chi connectivity index (χ1) is 11.2. The maximum absolute atomic E-state index is 13.6. The number of aromatic nitrogens is 2. The Bertz CT molecular complexity index is 654. The van der Waals surface area contributed by atoms with E-state index in [1.165, 1.54) is 6.07 Å². The Morgan fingerprint density at radius 1 is 1.22 bits per heavy atom.